The smallest absolute Gasteiger partial charge is 0.322 e. The Morgan fingerprint density at radius 2 is 2.27 bits per heavy atom. The van der Waals surface area contributed by atoms with Gasteiger partial charge in [0, 0.05) is 11.6 Å². The lowest BCUT2D eigenvalue weighted by Gasteiger charge is -2.33. The molecule has 0 saturated heterocycles. The summed E-state index contributed by atoms with van der Waals surface area (Å²) in [5.41, 5.74) is 1.10. The van der Waals surface area contributed by atoms with Gasteiger partial charge in [0.2, 0.25) is 0 Å². The number of hydrogen-bond donors (Lipinski definition) is 1. The summed E-state index contributed by atoms with van der Waals surface area (Å²) < 4.78 is 1.88. The van der Waals surface area contributed by atoms with Crippen LogP contribution in [0.15, 0.2) is 24.3 Å². The molecule has 0 saturated carbocycles. The molecule has 1 aromatic heterocycles. The first-order chi connectivity index (χ1) is 10.5. The van der Waals surface area contributed by atoms with Gasteiger partial charge in [-0.3, -0.25) is 9.69 Å². The molecule has 116 valence electrons. The molecule has 1 aliphatic heterocycles. The summed E-state index contributed by atoms with van der Waals surface area (Å²) in [6.45, 7) is 3.37. The second-order valence-corrected chi connectivity index (χ2v) is 5.91. The summed E-state index contributed by atoms with van der Waals surface area (Å²) in [6, 6.07) is 7.09. The molecule has 1 aromatic carbocycles. The molecule has 1 atom stereocenters. The Bertz CT molecular complexity index is 701. The molecular formula is C15H17ClN4O2. The SMILES string of the molecule is Cc1nnc2n1CC(C(=O)O)N(CCc1cccc(Cl)c1)C2. The number of benzene rings is 1. The van der Waals surface area contributed by atoms with Gasteiger partial charge in [-0.05, 0) is 31.0 Å². The number of carbonyl (C=O) groups is 1. The standard InChI is InChI=1S/C15H17ClN4O2/c1-10-17-18-14-9-19(13(15(21)22)8-20(10)14)6-5-11-3-2-4-12(16)7-11/h2-4,7,13H,5-6,8-9H2,1H3,(H,21,22). The van der Waals surface area contributed by atoms with Gasteiger partial charge in [-0.1, -0.05) is 23.7 Å². The third-order valence-corrected chi connectivity index (χ3v) is 4.25. The fourth-order valence-electron chi connectivity index (χ4n) is 2.79. The molecule has 0 amide bonds. The average molecular weight is 321 g/mol. The van der Waals surface area contributed by atoms with E-state index >= 15 is 0 Å². The third-order valence-electron chi connectivity index (χ3n) is 4.01. The molecular weight excluding hydrogens is 304 g/mol. The molecule has 6 nitrogen and oxygen atoms in total. The van der Waals surface area contributed by atoms with E-state index in [1.54, 1.807) is 0 Å². The largest absolute Gasteiger partial charge is 0.480 e. The number of aryl methyl sites for hydroxylation is 1. The minimum absolute atomic E-state index is 0.388. The third kappa shape index (κ3) is 2.98. The van der Waals surface area contributed by atoms with Gasteiger partial charge < -0.3 is 9.67 Å². The van der Waals surface area contributed by atoms with Crippen molar-refractivity contribution in [1.29, 1.82) is 0 Å². The summed E-state index contributed by atoms with van der Waals surface area (Å²) in [5, 5.41) is 18.3. The van der Waals surface area contributed by atoms with Crippen LogP contribution in [0.25, 0.3) is 0 Å². The number of halogens is 1. The van der Waals surface area contributed by atoms with Gasteiger partial charge in [0.15, 0.2) is 0 Å². The molecule has 22 heavy (non-hydrogen) atoms. The Morgan fingerprint density at radius 3 is 3.00 bits per heavy atom. The Labute approximate surface area is 133 Å². The zero-order chi connectivity index (χ0) is 15.7. The predicted molar refractivity (Wildman–Crippen MR) is 81.7 cm³/mol. The molecule has 7 heteroatoms. The first-order valence-electron chi connectivity index (χ1n) is 7.14. The molecule has 2 aromatic rings. The van der Waals surface area contributed by atoms with E-state index in [9.17, 15) is 9.90 Å². The van der Waals surface area contributed by atoms with E-state index in [4.69, 9.17) is 11.6 Å². The highest BCUT2D eigenvalue weighted by Gasteiger charge is 2.32. The number of aromatic nitrogens is 3. The lowest BCUT2D eigenvalue weighted by molar-refractivity contribution is -0.145. The van der Waals surface area contributed by atoms with Crippen LogP contribution < -0.4 is 0 Å². The van der Waals surface area contributed by atoms with E-state index in [2.05, 4.69) is 10.2 Å². The number of rotatable bonds is 4. The molecule has 1 aliphatic rings. The molecule has 1 N–H and O–H groups in total. The molecule has 0 aliphatic carbocycles. The Morgan fingerprint density at radius 1 is 1.45 bits per heavy atom. The number of aliphatic carboxylic acids is 1. The number of carboxylic acids is 1. The monoisotopic (exact) mass is 320 g/mol. The van der Waals surface area contributed by atoms with E-state index in [1.165, 1.54) is 0 Å². The van der Waals surface area contributed by atoms with Gasteiger partial charge in [-0.2, -0.15) is 0 Å². The van der Waals surface area contributed by atoms with Crippen LogP contribution in [0.4, 0.5) is 0 Å². The molecule has 0 radical (unpaired) electrons. The summed E-state index contributed by atoms with van der Waals surface area (Å²) >= 11 is 5.99. The summed E-state index contributed by atoms with van der Waals surface area (Å²) in [6.07, 6.45) is 0.747. The van der Waals surface area contributed by atoms with E-state index in [0.717, 1.165) is 23.6 Å². The predicted octanol–water partition coefficient (Wildman–Crippen LogP) is 1.75. The highest BCUT2D eigenvalue weighted by Crippen LogP contribution is 2.19. The minimum Gasteiger partial charge on any atom is -0.480 e. The lowest BCUT2D eigenvalue weighted by atomic mass is 10.1. The number of carboxylic acid groups (broad SMARTS) is 1. The van der Waals surface area contributed by atoms with Crippen LogP contribution in [0.2, 0.25) is 5.02 Å². The maximum atomic E-state index is 11.6. The van der Waals surface area contributed by atoms with Crippen molar-refractivity contribution in [2.45, 2.75) is 32.5 Å². The summed E-state index contributed by atoms with van der Waals surface area (Å²) in [5.74, 6) is 0.765. The van der Waals surface area contributed by atoms with Gasteiger partial charge in [0.25, 0.3) is 0 Å². The summed E-state index contributed by atoms with van der Waals surface area (Å²) in [7, 11) is 0. The Kier molecular flexibility index (Phi) is 4.13. The zero-order valence-corrected chi connectivity index (χ0v) is 13.0. The number of fused-ring (bicyclic) bond motifs is 1. The maximum absolute atomic E-state index is 11.6. The van der Waals surface area contributed by atoms with Crippen LogP contribution in [0, 0.1) is 6.92 Å². The van der Waals surface area contributed by atoms with Crippen LogP contribution in [-0.4, -0.2) is 43.3 Å². The first kappa shape index (κ1) is 15.0. The molecule has 3 rings (SSSR count). The molecule has 2 heterocycles. The van der Waals surface area contributed by atoms with Crippen molar-refractivity contribution in [2.75, 3.05) is 6.54 Å². The van der Waals surface area contributed by atoms with Gasteiger partial charge in [0.1, 0.15) is 17.7 Å². The fraction of sp³-hybridized carbons (Fsp3) is 0.400. The molecule has 0 spiro atoms. The van der Waals surface area contributed by atoms with Crippen molar-refractivity contribution in [3.05, 3.63) is 46.5 Å². The van der Waals surface area contributed by atoms with E-state index < -0.39 is 12.0 Å². The highest BCUT2D eigenvalue weighted by molar-refractivity contribution is 6.30. The van der Waals surface area contributed by atoms with Gasteiger partial charge >= 0.3 is 5.97 Å². The maximum Gasteiger partial charge on any atom is 0.322 e. The van der Waals surface area contributed by atoms with Gasteiger partial charge in [-0.15, -0.1) is 10.2 Å². The van der Waals surface area contributed by atoms with Crippen molar-refractivity contribution < 1.29 is 9.90 Å². The molecule has 0 fully saturated rings. The minimum atomic E-state index is -0.815. The van der Waals surface area contributed by atoms with E-state index in [1.807, 2.05) is 40.7 Å². The van der Waals surface area contributed by atoms with Gasteiger partial charge in [-0.25, -0.2) is 0 Å². The Hall–Kier alpha value is -1.92. The van der Waals surface area contributed by atoms with Crippen molar-refractivity contribution in [2.24, 2.45) is 0 Å². The second kappa shape index (κ2) is 6.06. The fourth-order valence-corrected chi connectivity index (χ4v) is 3.01. The van der Waals surface area contributed by atoms with Crippen LogP contribution in [0.5, 0.6) is 0 Å². The van der Waals surface area contributed by atoms with Crippen molar-refractivity contribution in [1.82, 2.24) is 19.7 Å². The van der Waals surface area contributed by atoms with Crippen molar-refractivity contribution in [3.63, 3.8) is 0 Å². The van der Waals surface area contributed by atoms with Crippen LogP contribution in [0.1, 0.15) is 17.2 Å². The van der Waals surface area contributed by atoms with Gasteiger partial charge in [0.05, 0.1) is 13.1 Å². The number of hydrogen-bond acceptors (Lipinski definition) is 4. The summed E-state index contributed by atoms with van der Waals surface area (Å²) in [4.78, 5) is 13.5. The molecule has 1 unspecified atom stereocenters. The zero-order valence-electron chi connectivity index (χ0n) is 12.2. The second-order valence-electron chi connectivity index (χ2n) is 5.48. The normalized spacial score (nSPS) is 18.2. The van der Waals surface area contributed by atoms with E-state index in [-0.39, 0.29) is 0 Å². The van der Waals surface area contributed by atoms with Crippen LogP contribution in [0.3, 0.4) is 0 Å². The topological polar surface area (TPSA) is 71.2 Å². The van der Waals surface area contributed by atoms with Crippen LogP contribution >= 0.6 is 11.6 Å². The van der Waals surface area contributed by atoms with Crippen LogP contribution in [-0.2, 0) is 24.3 Å². The quantitative estimate of drug-likeness (QED) is 0.929. The lowest BCUT2D eigenvalue weighted by Crippen LogP contribution is -2.48. The highest BCUT2D eigenvalue weighted by atomic mass is 35.5. The Balaban J connectivity index is 1.75. The van der Waals surface area contributed by atoms with Crippen molar-refractivity contribution >= 4 is 17.6 Å². The van der Waals surface area contributed by atoms with Crippen molar-refractivity contribution in [3.8, 4) is 0 Å². The molecule has 0 bridgehead atoms. The number of nitrogens with zero attached hydrogens (tertiary/aromatic N) is 4. The average Bonchev–Trinajstić information content (AvgIpc) is 2.85. The first-order valence-corrected chi connectivity index (χ1v) is 7.52. The van der Waals surface area contributed by atoms with E-state index in [0.29, 0.717) is 24.7 Å².